The minimum atomic E-state index is -0.215. The zero-order chi connectivity index (χ0) is 13.0. The molecule has 0 amide bonds. The summed E-state index contributed by atoms with van der Waals surface area (Å²) in [6.07, 6.45) is 4.40. The van der Waals surface area contributed by atoms with Crippen LogP contribution in [0.15, 0.2) is 47.9 Å². The fourth-order valence-electron chi connectivity index (χ4n) is 1.89. The monoisotopic (exact) mass is 244 g/mol. The van der Waals surface area contributed by atoms with Crippen LogP contribution >= 0.6 is 0 Å². The Hall–Kier alpha value is -2.30. The lowest BCUT2D eigenvalue weighted by Gasteiger charge is -2.13. The SMILES string of the molecule is CCC(C(N)=NO)n1cc(-c2ccccc2)cn1. The third-order valence-electron chi connectivity index (χ3n) is 2.87. The van der Waals surface area contributed by atoms with Crippen LogP contribution in [0.2, 0.25) is 0 Å². The largest absolute Gasteiger partial charge is 0.409 e. The van der Waals surface area contributed by atoms with E-state index < -0.39 is 0 Å². The second-order valence-electron chi connectivity index (χ2n) is 4.02. The van der Waals surface area contributed by atoms with E-state index in [1.54, 1.807) is 10.9 Å². The molecule has 0 bridgehead atoms. The molecular formula is C13H16N4O. The van der Waals surface area contributed by atoms with Crippen molar-refractivity contribution in [1.29, 1.82) is 0 Å². The Morgan fingerprint density at radius 1 is 1.39 bits per heavy atom. The summed E-state index contributed by atoms with van der Waals surface area (Å²) in [6.45, 7) is 1.96. The maximum absolute atomic E-state index is 8.74. The van der Waals surface area contributed by atoms with E-state index >= 15 is 0 Å². The fraction of sp³-hybridized carbons (Fsp3) is 0.231. The van der Waals surface area contributed by atoms with E-state index in [4.69, 9.17) is 10.9 Å². The Morgan fingerprint density at radius 2 is 2.11 bits per heavy atom. The van der Waals surface area contributed by atoms with Gasteiger partial charge in [-0.2, -0.15) is 5.10 Å². The van der Waals surface area contributed by atoms with Crippen LogP contribution < -0.4 is 5.73 Å². The van der Waals surface area contributed by atoms with Crippen molar-refractivity contribution in [3.05, 3.63) is 42.7 Å². The van der Waals surface area contributed by atoms with Gasteiger partial charge in [0.1, 0.15) is 6.04 Å². The van der Waals surface area contributed by atoms with Gasteiger partial charge >= 0.3 is 0 Å². The highest BCUT2D eigenvalue weighted by atomic mass is 16.4. The number of rotatable bonds is 4. The van der Waals surface area contributed by atoms with Crippen LogP contribution in [0.1, 0.15) is 19.4 Å². The Bertz CT molecular complexity index is 533. The minimum absolute atomic E-state index is 0.167. The van der Waals surface area contributed by atoms with Crippen molar-refractivity contribution >= 4 is 5.84 Å². The third-order valence-corrected chi connectivity index (χ3v) is 2.87. The van der Waals surface area contributed by atoms with E-state index in [2.05, 4.69) is 10.3 Å². The molecule has 18 heavy (non-hydrogen) atoms. The zero-order valence-electron chi connectivity index (χ0n) is 10.2. The van der Waals surface area contributed by atoms with Gasteiger partial charge in [-0.25, -0.2) is 0 Å². The highest BCUT2D eigenvalue weighted by Crippen LogP contribution is 2.20. The van der Waals surface area contributed by atoms with E-state index in [9.17, 15) is 0 Å². The number of hydrogen-bond acceptors (Lipinski definition) is 3. The van der Waals surface area contributed by atoms with Crippen molar-refractivity contribution in [2.75, 3.05) is 0 Å². The molecule has 0 spiro atoms. The number of benzene rings is 1. The van der Waals surface area contributed by atoms with Crippen LogP contribution in [-0.4, -0.2) is 20.8 Å². The molecule has 0 saturated heterocycles. The molecule has 5 heteroatoms. The summed E-state index contributed by atoms with van der Waals surface area (Å²) in [6, 6.07) is 9.75. The molecule has 5 nitrogen and oxygen atoms in total. The molecule has 1 atom stereocenters. The van der Waals surface area contributed by atoms with Crippen LogP contribution in [0.3, 0.4) is 0 Å². The predicted octanol–water partition coefficient (Wildman–Crippen LogP) is 2.25. The number of amidine groups is 1. The molecule has 0 radical (unpaired) electrons. The first-order valence-electron chi connectivity index (χ1n) is 5.83. The Morgan fingerprint density at radius 3 is 2.72 bits per heavy atom. The molecule has 0 aliphatic heterocycles. The van der Waals surface area contributed by atoms with E-state index in [1.807, 2.05) is 43.5 Å². The van der Waals surface area contributed by atoms with Gasteiger partial charge in [-0.15, -0.1) is 0 Å². The lowest BCUT2D eigenvalue weighted by atomic mass is 10.1. The Kier molecular flexibility index (Phi) is 3.62. The van der Waals surface area contributed by atoms with Crippen LogP contribution in [0.5, 0.6) is 0 Å². The normalized spacial score (nSPS) is 13.5. The van der Waals surface area contributed by atoms with Crippen molar-refractivity contribution in [2.45, 2.75) is 19.4 Å². The molecule has 94 valence electrons. The molecular weight excluding hydrogens is 228 g/mol. The first kappa shape index (κ1) is 12.2. The van der Waals surface area contributed by atoms with Gasteiger partial charge in [-0.1, -0.05) is 42.4 Å². The molecule has 1 heterocycles. The predicted molar refractivity (Wildman–Crippen MR) is 70.4 cm³/mol. The van der Waals surface area contributed by atoms with E-state index in [0.29, 0.717) is 6.42 Å². The number of hydrogen-bond donors (Lipinski definition) is 2. The molecule has 1 unspecified atom stereocenters. The summed E-state index contributed by atoms with van der Waals surface area (Å²) in [7, 11) is 0. The number of nitrogens with zero attached hydrogens (tertiary/aromatic N) is 3. The quantitative estimate of drug-likeness (QED) is 0.375. The first-order chi connectivity index (χ1) is 8.76. The summed E-state index contributed by atoms with van der Waals surface area (Å²) in [5.41, 5.74) is 7.76. The van der Waals surface area contributed by atoms with Gasteiger partial charge in [0.25, 0.3) is 0 Å². The smallest absolute Gasteiger partial charge is 0.164 e. The first-order valence-corrected chi connectivity index (χ1v) is 5.83. The van der Waals surface area contributed by atoms with Crippen molar-refractivity contribution < 1.29 is 5.21 Å². The summed E-state index contributed by atoms with van der Waals surface area (Å²) in [4.78, 5) is 0. The summed E-state index contributed by atoms with van der Waals surface area (Å²) in [5.74, 6) is 0.167. The molecule has 1 aromatic heterocycles. The van der Waals surface area contributed by atoms with E-state index in [-0.39, 0.29) is 11.9 Å². The average molecular weight is 244 g/mol. The summed E-state index contributed by atoms with van der Waals surface area (Å²) < 4.78 is 1.72. The second kappa shape index (κ2) is 5.35. The molecule has 3 N–H and O–H groups in total. The summed E-state index contributed by atoms with van der Waals surface area (Å²) in [5, 5.41) is 16.1. The topological polar surface area (TPSA) is 76.4 Å². The van der Waals surface area contributed by atoms with Crippen molar-refractivity contribution in [3.8, 4) is 11.1 Å². The van der Waals surface area contributed by atoms with Gasteiger partial charge in [0, 0.05) is 11.8 Å². The Balaban J connectivity index is 2.30. The third kappa shape index (κ3) is 2.34. The van der Waals surface area contributed by atoms with Gasteiger partial charge in [-0.05, 0) is 12.0 Å². The molecule has 0 fully saturated rings. The van der Waals surface area contributed by atoms with Gasteiger partial charge in [0.15, 0.2) is 5.84 Å². The Labute approximate surface area is 106 Å². The van der Waals surface area contributed by atoms with Gasteiger partial charge in [-0.3, -0.25) is 4.68 Å². The summed E-state index contributed by atoms with van der Waals surface area (Å²) >= 11 is 0. The highest BCUT2D eigenvalue weighted by molar-refractivity contribution is 5.83. The lowest BCUT2D eigenvalue weighted by molar-refractivity contribution is 0.312. The average Bonchev–Trinajstić information content (AvgIpc) is 2.90. The number of nitrogens with two attached hydrogens (primary N) is 1. The number of oxime groups is 1. The molecule has 1 aromatic carbocycles. The van der Waals surface area contributed by atoms with Gasteiger partial charge in [0.2, 0.25) is 0 Å². The molecule has 0 saturated carbocycles. The van der Waals surface area contributed by atoms with Crippen molar-refractivity contribution in [1.82, 2.24) is 9.78 Å². The maximum Gasteiger partial charge on any atom is 0.164 e. The zero-order valence-corrected chi connectivity index (χ0v) is 10.2. The molecule has 2 aromatic rings. The van der Waals surface area contributed by atoms with Gasteiger partial charge < -0.3 is 10.9 Å². The van der Waals surface area contributed by atoms with E-state index in [0.717, 1.165) is 11.1 Å². The van der Waals surface area contributed by atoms with Gasteiger partial charge in [0.05, 0.1) is 6.20 Å². The van der Waals surface area contributed by atoms with Crippen LogP contribution in [-0.2, 0) is 0 Å². The maximum atomic E-state index is 8.74. The molecule has 0 aliphatic carbocycles. The van der Waals surface area contributed by atoms with Crippen LogP contribution in [0.25, 0.3) is 11.1 Å². The van der Waals surface area contributed by atoms with Crippen LogP contribution in [0, 0.1) is 0 Å². The number of aromatic nitrogens is 2. The van der Waals surface area contributed by atoms with E-state index in [1.165, 1.54) is 0 Å². The molecule has 2 rings (SSSR count). The van der Waals surface area contributed by atoms with Crippen LogP contribution in [0.4, 0.5) is 0 Å². The highest BCUT2D eigenvalue weighted by Gasteiger charge is 2.15. The standard InChI is InChI=1S/C13H16N4O/c1-2-12(13(14)16-18)17-9-11(8-15-17)10-6-4-3-5-7-10/h3-9,12,18H,2H2,1H3,(H2,14,16). The van der Waals surface area contributed by atoms with Crippen molar-refractivity contribution in [2.24, 2.45) is 10.9 Å². The second-order valence-corrected chi connectivity index (χ2v) is 4.02. The molecule has 0 aliphatic rings. The lowest BCUT2D eigenvalue weighted by Crippen LogP contribution is -2.26. The van der Waals surface area contributed by atoms with Crippen molar-refractivity contribution in [3.63, 3.8) is 0 Å². The minimum Gasteiger partial charge on any atom is -0.409 e. The fourth-order valence-corrected chi connectivity index (χ4v) is 1.89.